The molecule has 0 bridgehead atoms. The molecule has 1 aliphatic carbocycles. The van der Waals surface area contributed by atoms with Crippen molar-refractivity contribution < 1.29 is 31.5 Å². The van der Waals surface area contributed by atoms with E-state index in [9.17, 15) is 14.4 Å². The van der Waals surface area contributed by atoms with Crippen LogP contribution in [0.4, 0.5) is 32.8 Å². The minimum atomic E-state index is -5.09. The molecule has 4 aromatic rings. The number of thiophene rings is 1. The van der Waals surface area contributed by atoms with E-state index in [0.717, 1.165) is 44.0 Å². The number of carbonyl (C=O) groups is 1. The first kappa shape index (κ1) is 33.9. The van der Waals surface area contributed by atoms with Crippen LogP contribution in [0.15, 0.2) is 30.9 Å². The SMILES string of the molecule is C=CC(=O)N1CC(C)N(c2nc(OCC3CC4(CC4)CN3C)nc3c(F)c(-c4ccc(F)c5sc(N)c(C#N)c45)c(C(F)(F)F)cc23)CC1C. The fraction of sp³-hybridized carbons (Fsp3) is 0.429. The third-order valence-corrected chi connectivity index (χ3v) is 11.4. The predicted molar refractivity (Wildman–Crippen MR) is 181 cm³/mol. The van der Waals surface area contributed by atoms with Crippen molar-refractivity contribution in [2.45, 2.75) is 57.4 Å². The number of nitrogen functional groups attached to an aromatic ring is 1. The van der Waals surface area contributed by atoms with E-state index in [1.54, 1.807) is 23.6 Å². The van der Waals surface area contributed by atoms with E-state index in [4.69, 9.17) is 10.5 Å². The lowest BCUT2D eigenvalue weighted by molar-refractivity contribution is -0.137. The zero-order chi connectivity index (χ0) is 35.9. The molecule has 2 saturated heterocycles. The van der Waals surface area contributed by atoms with E-state index in [1.165, 1.54) is 6.08 Å². The first-order chi connectivity index (χ1) is 23.7. The number of likely N-dealkylation sites (tertiary alicyclic amines) is 1. The minimum absolute atomic E-state index is 0.0196. The Morgan fingerprint density at radius 3 is 2.60 bits per heavy atom. The number of benzene rings is 2. The van der Waals surface area contributed by atoms with Gasteiger partial charge in [0.25, 0.3) is 0 Å². The highest BCUT2D eigenvalue weighted by atomic mass is 32.1. The Bertz CT molecular complexity index is 2110. The van der Waals surface area contributed by atoms with Crippen molar-refractivity contribution in [1.82, 2.24) is 19.8 Å². The van der Waals surface area contributed by atoms with E-state index < -0.39 is 40.5 Å². The third kappa shape index (κ3) is 5.58. The number of aromatic nitrogens is 2. The van der Waals surface area contributed by atoms with Gasteiger partial charge >= 0.3 is 12.2 Å². The largest absolute Gasteiger partial charge is 0.462 e. The second kappa shape index (κ2) is 12.1. The number of anilines is 2. The Balaban J connectivity index is 1.44. The topological polar surface area (TPSA) is 112 Å². The average molecular weight is 712 g/mol. The maximum absolute atomic E-state index is 17.1. The standard InChI is InChI=1S/C35H34F5N7O2S/c1-5-25(48)46-13-18(3)47(14-17(46)2)32-21-10-23(35(38,39)40)27(20-6-7-24(36)30-26(20)22(12-41)31(42)50-30)28(37)29(21)43-33(44-32)49-15-19-11-34(8-9-34)16-45(19)4/h5-7,10,17-19H,1,8-9,11,13-16,42H2,2-4H3. The van der Waals surface area contributed by atoms with Crippen LogP contribution in [0, 0.1) is 28.4 Å². The van der Waals surface area contributed by atoms with Gasteiger partial charge in [-0.2, -0.15) is 28.4 Å². The van der Waals surface area contributed by atoms with Gasteiger partial charge in [-0.25, -0.2) is 8.78 Å². The first-order valence-corrected chi connectivity index (χ1v) is 17.0. The van der Waals surface area contributed by atoms with E-state index in [2.05, 4.69) is 21.4 Å². The molecule has 2 N–H and O–H groups in total. The lowest BCUT2D eigenvalue weighted by Gasteiger charge is -2.44. The summed E-state index contributed by atoms with van der Waals surface area (Å²) in [5.41, 5.74) is 2.96. The van der Waals surface area contributed by atoms with Crippen molar-refractivity contribution in [2.24, 2.45) is 5.41 Å². The highest BCUT2D eigenvalue weighted by Gasteiger charge is 2.51. The Labute approximate surface area is 288 Å². The van der Waals surface area contributed by atoms with E-state index in [1.807, 2.05) is 13.1 Å². The van der Waals surface area contributed by atoms with Crippen molar-refractivity contribution in [2.75, 3.05) is 43.9 Å². The van der Waals surface area contributed by atoms with Crippen LogP contribution in [0.25, 0.3) is 32.1 Å². The second-order valence-electron chi connectivity index (χ2n) is 13.7. The molecule has 3 fully saturated rings. The zero-order valence-electron chi connectivity index (χ0n) is 27.6. The van der Waals surface area contributed by atoms with Crippen molar-refractivity contribution in [3.05, 3.63) is 53.6 Å². The summed E-state index contributed by atoms with van der Waals surface area (Å²) in [6, 6.07) is 3.57. The molecule has 262 valence electrons. The van der Waals surface area contributed by atoms with Crippen LogP contribution in [0.3, 0.4) is 0 Å². The van der Waals surface area contributed by atoms with Gasteiger partial charge in [0.15, 0.2) is 5.82 Å². The van der Waals surface area contributed by atoms with E-state index in [0.29, 0.717) is 11.3 Å². The molecule has 2 aromatic carbocycles. The van der Waals surface area contributed by atoms with Gasteiger partial charge in [0.05, 0.1) is 15.8 Å². The summed E-state index contributed by atoms with van der Waals surface area (Å²) in [5, 5.41) is 9.30. The normalized spacial score (nSPS) is 22.0. The van der Waals surface area contributed by atoms with Crippen LogP contribution in [0.5, 0.6) is 6.01 Å². The molecule has 1 saturated carbocycles. The van der Waals surface area contributed by atoms with Crippen molar-refractivity contribution >= 4 is 49.1 Å². The van der Waals surface area contributed by atoms with Crippen LogP contribution in [0.1, 0.15) is 44.2 Å². The van der Waals surface area contributed by atoms with Gasteiger partial charge in [-0.1, -0.05) is 12.6 Å². The number of fused-ring (bicyclic) bond motifs is 2. The first-order valence-electron chi connectivity index (χ1n) is 16.2. The molecule has 7 rings (SSSR count). The van der Waals surface area contributed by atoms with Gasteiger partial charge in [0, 0.05) is 54.1 Å². The van der Waals surface area contributed by atoms with Crippen LogP contribution in [-0.4, -0.2) is 77.1 Å². The van der Waals surface area contributed by atoms with Gasteiger partial charge < -0.3 is 20.3 Å². The molecular formula is C35H34F5N7O2S. The average Bonchev–Trinajstić information content (AvgIpc) is 3.62. The zero-order valence-corrected chi connectivity index (χ0v) is 28.4. The molecule has 3 aliphatic rings. The number of nitriles is 1. The number of amides is 1. The van der Waals surface area contributed by atoms with Gasteiger partial charge in [-0.3, -0.25) is 9.69 Å². The monoisotopic (exact) mass is 711 g/mol. The van der Waals surface area contributed by atoms with E-state index in [-0.39, 0.29) is 86.5 Å². The molecule has 50 heavy (non-hydrogen) atoms. The summed E-state index contributed by atoms with van der Waals surface area (Å²) in [6.45, 7) is 8.65. The Kier molecular flexibility index (Phi) is 8.18. The van der Waals surface area contributed by atoms with Crippen molar-refractivity contribution in [3.63, 3.8) is 0 Å². The number of carbonyl (C=O) groups excluding carboxylic acids is 1. The smallest absolute Gasteiger partial charge is 0.417 e. The molecule has 4 heterocycles. The molecular weight excluding hydrogens is 677 g/mol. The summed E-state index contributed by atoms with van der Waals surface area (Å²) in [5.74, 6) is -2.41. The van der Waals surface area contributed by atoms with Gasteiger partial charge in [-0.05, 0) is 69.3 Å². The Morgan fingerprint density at radius 2 is 1.96 bits per heavy atom. The second-order valence-corrected chi connectivity index (χ2v) is 14.8. The maximum atomic E-state index is 17.1. The van der Waals surface area contributed by atoms with Gasteiger partial charge in [0.1, 0.15) is 34.8 Å². The molecule has 9 nitrogen and oxygen atoms in total. The molecule has 15 heteroatoms. The van der Waals surface area contributed by atoms with Gasteiger partial charge in [0.2, 0.25) is 5.91 Å². The molecule has 3 atom stereocenters. The number of hydrogen-bond donors (Lipinski definition) is 1. The number of rotatable bonds is 6. The predicted octanol–water partition coefficient (Wildman–Crippen LogP) is 6.74. The van der Waals surface area contributed by atoms with Crippen molar-refractivity contribution in [3.8, 4) is 23.2 Å². The Morgan fingerprint density at radius 1 is 1.22 bits per heavy atom. The summed E-state index contributed by atoms with van der Waals surface area (Å²) < 4.78 is 83.0. The van der Waals surface area contributed by atoms with Crippen LogP contribution in [-0.2, 0) is 11.0 Å². The fourth-order valence-electron chi connectivity index (χ4n) is 7.59. The summed E-state index contributed by atoms with van der Waals surface area (Å²) in [7, 11) is 2.00. The summed E-state index contributed by atoms with van der Waals surface area (Å²) in [4.78, 5) is 27.1. The van der Waals surface area contributed by atoms with Crippen LogP contribution >= 0.6 is 11.3 Å². The van der Waals surface area contributed by atoms with Gasteiger partial charge in [-0.15, -0.1) is 11.3 Å². The van der Waals surface area contributed by atoms with E-state index >= 15 is 17.6 Å². The third-order valence-electron chi connectivity index (χ3n) is 10.3. The number of piperazine rings is 1. The molecule has 3 unspecified atom stereocenters. The lowest BCUT2D eigenvalue weighted by atomic mass is 9.92. The number of nitrogens with zero attached hydrogens (tertiary/aromatic N) is 6. The molecule has 2 aliphatic heterocycles. The number of ether oxygens (including phenoxy) is 1. The lowest BCUT2D eigenvalue weighted by Crippen LogP contribution is -2.58. The number of alkyl halides is 3. The number of hydrogen-bond acceptors (Lipinski definition) is 9. The summed E-state index contributed by atoms with van der Waals surface area (Å²) >= 11 is 0.699. The molecule has 1 spiro atoms. The number of likely N-dealkylation sites (N-methyl/N-ethyl adjacent to an activating group) is 1. The van der Waals surface area contributed by atoms with Crippen molar-refractivity contribution in [1.29, 1.82) is 5.26 Å². The van der Waals surface area contributed by atoms with Crippen LogP contribution in [0.2, 0.25) is 0 Å². The number of halogens is 5. The quantitative estimate of drug-likeness (QED) is 0.173. The maximum Gasteiger partial charge on any atom is 0.417 e. The molecule has 0 radical (unpaired) electrons. The van der Waals surface area contributed by atoms with Crippen LogP contribution < -0.4 is 15.4 Å². The molecule has 1 amide bonds. The number of nitrogens with two attached hydrogens (primary N) is 1. The fourth-order valence-corrected chi connectivity index (χ4v) is 8.54. The highest BCUT2D eigenvalue weighted by molar-refractivity contribution is 7.23. The minimum Gasteiger partial charge on any atom is -0.462 e. The highest BCUT2D eigenvalue weighted by Crippen LogP contribution is 2.54. The summed E-state index contributed by atoms with van der Waals surface area (Å²) in [6.07, 6.45) is -0.705. The Hall–Kier alpha value is -4.55. The molecule has 2 aromatic heterocycles.